The molecule has 9 heteroatoms. The maximum atomic E-state index is 13.0. The van der Waals surface area contributed by atoms with E-state index in [1.807, 2.05) is 17.7 Å². The molecule has 3 amide bonds. The summed E-state index contributed by atoms with van der Waals surface area (Å²) in [5.41, 5.74) is 1.02. The summed E-state index contributed by atoms with van der Waals surface area (Å²) >= 11 is 0. The normalized spacial score (nSPS) is 18.5. The van der Waals surface area contributed by atoms with E-state index >= 15 is 0 Å². The lowest BCUT2D eigenvalue weighted by atomic mass is 10.1. The van der Waals surface area contributed by atoms with E-state index in [0.29, 0.717) is 11.8 Å². The minimum Gasteiger partial charge on any atom is -0.466 e. The Hall–Kier alpha value is -2.71. The van der Waals surface area contributed by atoms with Gasteiger partial charge in [0.15, 0.2) is 0 Å². The highest BCUT2D eigenvalue weighted by molar-refractivity contribution is 6.19. The van der Waals surface area contributed by atoms with Gasteiger partial charge in [-0.25, -0.2) is 13.9 Å². The monoisotopic (exact) mass is 376 g/mol. The molecule has 1 unspecified atom stereocenters. The number of esters is 1. The van der Waals surface area contributed by atoms with Crippen LogP contribution in [0.2, 0.25) is 0 Å². The van der Waals surface area contributed by atoms with Crippen molar-refractivity contribution in [2.45, 2.75) is 52.6 Å². The van der Waals surface area contributed by atoms with E-state index in [9.17, 15) is 14.4 Å². The minimum absolute atomic E-state index is 0.00393. The number of amides is 3. The third-order valence-electron chi connectivity index (χ3n) is 4.90. The molecule has 0 saturated carbocycles. The van der Waals surface area contributed by atoms with E-state index in [0.717, 1.165) is 30.0 Å². The molecular weight excluding hydrogens is 350 g/mol. The summed E-state index contributed by atoms with van der Waals surface area (Å²) in [5.74, 6) is 0.318. The number of unbranched alkanes of at least 4 members (excludes halogenated alkanes) is 1. The number of imide groups is 1. The summed E-state index contributed by atoms with van der Waals surface area (Å²) < 4.78 is 8.79. The van der Waals surface area contributed by atoms with Gasteiger partial charge in [0.2, 0.25) is 11.9 Å². The van der Waals surface area contributed by atoms with Crippen molar-refractivity contribution >= 4 is 29.7 Å². The van der Waals surface area contributed by atoms with Crippen LogP contribution in [0.1, 0.15) is 44.8 Å². The first-order chi connectivity index (χ1) is 12.9. The van der Waals surface area contributed by atoms with Crippen LogP contribution in [0, 0.1) is 6.92 Å². The Balaban J connectivity index is 1.88. The molecule has 9 nitrogen and oxygen atoms in total. The van der Waals surface area contributed by atoms with Crippen LogP contribution in [-0.2, 0) is 20.9 Å². The second kappa shape index (κ2) is 7.50. The zero-order valence-corrected chi connectivity index (χ0v) is 16.3. The molecule has 2 aliphatic rings. The number of imidazole rings is 1. The summed E-state index contributed by atoms with van der Waals surface area (Å²) in [6.07, 6.45) is 3.94. The van der Waals surface area contributed by atoms with Crippen LogP contribution in [0.15, 0.2) is 11.2 Å². The van der Waals surface area contributed by atoms with Gasteiger partial charge in [0, 0.05) is 13.6 Å². The van der Waals surface area contributed by atoms with Gasteiger partial charge in [-0.1, -0.05) is 18.3 Å². The van der Waals surface area contributed by atoms with Gasteiger partial charge >= 0.3 is 17.9 Å². The number of urea groups is 1. The number of carbonyl (C=O) groups excluding carboxylic acids is 3. The number of aryl methyl sites for hydroxylation is 1. The van der Waals surface area contributed by atoms with Crippen LogP contribution in [0.25, 0.3) is 0 Å². The summed E-state index contributed by atoms with van der Waals surface area (Å²) in [6, 6.07) is -1.15. The lowest BCUT2D eigenvalue weighted by molar-refractivity contribution is -0.677. The van der Waals surface area contributed by atoms with Gasteiger partial charge in [-0.15, -0.1) is 0 Å². The maximum absolute atomic E-state index is 13.0. The first-order valence-corrected chi connectivity index (χ1v) is 9.35. The van der Waals surface area contributed by atoms with E-state index in [1.54, 1.807) is 14.0 Å². The van der Waals surface area contributed by atoms with E-state index in [4.69, 9.17) is 4.74 Å². The topological polar surface area (TPSA) is 88.1 Å². The van der Waals surface area contributed by atoms with Crippen molar-refractivity contribution in [3.8, 4) is 0 Å². The van der Waals surface area contributed by atoms with Crippen molar-refractivity contribution in [1.82, 2.24) is 14.4 Å². The third-order valence-corrected chi connectivity index (χ3v) is 4.90. The Labute approximate surface area is 158 Å². The number of carbonyl (C=O) groups is 3. The Bertz CT molecular complexity index is 813. The van der Waals surface area contributed by atoms with Gasteiger partial charge < -0.3 is 4.74 Å². The van der Waals surface area contributed by atoms with Gasteiger partial charge in [0.25, 0.3) is 5.91 Å². The van der Waals surface area contributed by atoms with Crippen molar-refractivity contribution in [2.75, 3.05) is 20.2 Å². The minimum atomic E-state index is -0.675. The van der Waals surface area contributed by atoms with Crippen molar-refractivity contribution in [2.24, 2.45) is 4.99 Å². The average Bonchev–Trinajstić information content (AvgIpc) is 3.13. The van der Waals surface area contributed by atoms with Crippen molar-refractivity contribution in [1.29, 1.82) is 0 Å². The third kappa shape index (κ3) is 3.22. The molecule has 1 aromatic heterocycles. The molecular formula is C18H26N5O4+. The van der Waals surface area contributed by atoms with Crippen LogP contribution >= 0.6 is 0 Å². The lowest BCUT2D eigenvalue weighted by Gasteiger charge is -2.32. The van der Waals surface area contributed by atoms with Crippen molar-refractivity contribution < 1.29 is 23.7 Å². The second-order valence-corrected chi connectivity index (χ2v) is 6.74. The van der Waals surface area contributed by atoms with Gasteiger partial charge in [-0.05, 0) is 20.3 Å². The molecule has 27 heavy (non-hydrogen) atoms. The average molecular weight is 376 g/mol. The maximum Gasteiger partial charge on any atom is 0.401 e. The molecule has 0 spiro atoms. The molecule has 3 heterocycles. The van der Waals surface area contributed by atoms with Gasteiger partial charge in [-0.3, -0.25) is 19.4 Å². The van der Waals surface area contributed by atoms with Crippen LogP contribution < -0.4 is 4.57 Å². The Morgan fingerprint density at radius 1 is 1.30 bits per heavy atom. The number of hydrogen-bond acceptors (Lipinski definition) is 5. The molecule has 0 aromatic carbocycles. The molecule has 1 fully saturated rings. The zero-order chi connectivity index (χ0) is 19.7. The Morgan fingerprint density at radius 3 is 2.70 bits per heavy atom. The predicted octanol–water partition coefficient (Wildman–Crippen LogP) is 1.32. The van der Waals surface area contributed by atoms with Crippen molar-refractivity contribution in [3.05, 3.63) is 11.9 Å². The molecule has 3 rings (SSSR count). The van der Waals surface area contributed by atoms with E-state index in [2.05, 4.69) is 16.5 Å². The molecule has 0 N–H and O–H groups in total. The molecule has 1 atom stereocenters. The molecule has 1 aromatic rings. The largest absolute Gasteiger partial charge is 0.466 e. The summed E-state index contributed by atoms with van der Waals surface area (Å²) in [4.78, 5) is 44.4. The number of amidine groups is 1. The Morgan fingerprint density at radius 2 is 2.04 bits per heavy atom. The van der Waals surface area contributed by atoms with E-state index < -0.39 is 18.0 Å². The molecule has 0 bridgehead atoms. The second-order valence-electron chi connectivity index (χ2n) is 6.74. The fraction of sp³-hybridized carbons (Fsp3) is 0.611. The SMILES string of the molecule is CCCCn1c(C)c[n+]2c1N=C1C2C(=O)N(CCC(=O)OCC)C(=O)N1C. The zero-order valence-electron chi connectivity index (χ0n) is 16.3. The van der Waals surface area contributed by atoms with Crippen LogP contribution in [0.5, 0.6) is 0 Å². The van der Waals surface area contributed by atoms with Crippen LogP contribution in [-0.4, -0.2) is 58.3 Å². The molecule has 0 aliphatic carbocycles. The molecule has 0 radical (unpaired) electrons. The lowest BCUT2D eigenvalue weighted by Crippen LogP contribution is -2.62. The number of likely N-dealkylation sites (N-methyl/N-ethyl adjacent to an activating group) is 1. The van der Waals surface area contributed by atoms with E-state index in [-0.39, 0.29) is 25.5 Å². The highest BCUT2D eigenvalue weighted by atomic mass is 16.5. The number of fused-ring (bicyclic) bond motifs is 3. The highest BCUT2D eigenvalue weighted by Crippen LogP contribution is 2.29. The number of ether oxygens (including phenoxy) is 1. The van der Waals surface area contributed by atoms with Crippen LogP contribution in [0.4, 0.5) is 10.7 Å². The number of hydrogen-bond donors (Lipinski definition) is 0. The number of rotatable bonds is 7. The first kappa shape index (κ1) is 19.1. The Kier molecular flexibility index (Phi) is 5.29. The summed E-state index contributed by atoms with van der Waals surface area (Å²) in [5, 5.41) is 0. The summed E-state index contributed by atoms with van der Waals surface area (Å²) in [7, 11) is 1.60. The molecule has 146 valence electrons. The standard InChI is InChI=1S/C18H26N5O4/c1-5-7-9-21-12(3)11-23-14-15(19-17(21)23)20(4)18(26)22(16(14)25)10-8-13(24)27-6-2/h11,14H,5-10H2,1-4H3/q+1. The van der Waals surface area contributed by atoms with Gasteiger partial charge in [0.05, 0.1) is 19.6 Å². The van der Waals surface area contributed by atoms with E-state index in [1.165, 1.54) is 4.90 Å². The quantitative estimate of drug-likeness (QED) is 0.530. The predicted molar refractivity (Wildman–Crippen MR) is 96.5 cm³/mol. The number of nitrogens with zero attached hydrogens (tertiary/aromatic N) is 5. The van der Waals surface area contributed by atoms with Gasteiger partial charge in [0.1, 0.15) is 11.9 Å². The molecule has 1 saturated heterocycles. The number of aliphatic imine (C=N–C) groups is 1. The fourth-order valence-corrected chi connectivity index (χ4v) is 3.47. The highest BCUT2D eigenvalue weighted by Gasteiger charge is 2.53. The first-order valence-electron chi connectivity index (χ1n) is 9.35. The summed E-state index contributed by atoms with van der Waals surface area (Å²) in [6.45, 7) is 6.90. The fourth-order valence-electron chi connectivity index (χ4n) is 3.47. The van der Waals surface area contributed by atoms with Crippen LogP contribution in [0.3, 0.4) is 0 Å². The molecule has 2 aliphatic heterocycles. The smallest absolute Gasteiger partial charge is 0.401 e. The number of aromatic nitrogens is 2. The van der Waals surface area contributed by atoms with Gasteiger partial charge in [-0.2, -0.15) is 0 Å². The van der Waals surface area contributed by atoms with Crippen molar-refractivity contribution in [3.63, 3.8) is 0 Å².